The van der Waals surface area contributed by atoms with Crippen LogP contribution in [0.1, 0.15) is 31.1 Å². The van der Waals surface area contributed by atoms with Gasteiger partial charge in [0.2, 0.25) is 0 Å². The van der Waals surface area contributed by atoms with Gasteiger partial charge in [0.15, 0.2) is 0 Å². The third kappa shape index (κ3) is 6.22. The molecule has 0 spiro atoms. The molecule has 1 unspecified atom stereocenters. The van der Waals surface area contributed by atoms with E-state index in [1.54, 1.807) is 0 Å². The molecule has 3 N–H and O–H groups in total. The summed E-state index contributed by atoms with van der Waals surface area (Å²) in [5.74, 6) is 1.32. The number of amides is 2. The third-order valence-corrected chi connectivity index (χ3v) is 4.05. The third-order valence-electron chi connectivity index (χ3n) is 3.34. The van der Waals surface area contributed by atoms with Gasteiger partial charge in [0, 0.05) is 13.1 Å². The predicted molar refractivity (Wildman–Crippen MR) is 96.3 cm³/mol. The summed E-state index contributed by atoms with van der Waals surface area (Å²) in [4.78, 5) is 11.8. The van der Waals surface area contributed by atoms with Crippen LogP contribution in [-0.2, 0) is 6.54 Å². The highest BCUT2D eigenvalue weighted by Crippen LogP contribution is 2.15. The van der Waals surface area contributed by atoms with Crippen LogP contribution in [0.25, 0.3) is 0 Å². The van der Waals surface area contributed by atoms with Gasteiger partial charge >= 0.3 is 6.03 Å². The molecule has 0 radical (unpaired) electrons. The Bertz CT molecular complexity index is 612. The number of rotatable bonds is 8. The molecule has 1 aromatic carbocycles. The van der Waals surface area contributed by atoms with Crippen molar-refractivity contribution in [2.24, 2.45) is 5.92 Å². The van der Waals surface area contributed by atoms with E-state index in [1.807, 2.05) is 41.1 Å². The lowest BCUT2D eigenvalue weighted by atomic mass is 10.2. The van der Waals surface area contributed by atoms with Crippen LogP contribution >= 0.6 is 11.3 Å². The van der Waals surface area contributed by atoms with E-state index in [4.69, 9.17) is 4.74 Å². The lowest BCUT2D eigenvalue weighted by Crippen LogP contribution is -2.37. The Morgan fingerprint density at radius 3 is 2.58 bits per heavy atom. The number of nitrogens with one attached hydrogen (secondary N) is 2. The van der Waals surface area contributed by atoms with Crippen LogP contribution in [-0.4, -0.2) is 24.3 Å². The number of benzene rings is 1. The van der Waals surface area contributed by atoms with E-state index in [9.17, 15) is 9.90 Å². The summed E-state index contributed by atoms with van der Waals surface area (Å²) >= 11 is 1.52. The maximum absolute atomic E-state index is 11.8. The molecule has 1 atom stereocenters. The van der Waals surface area contributed by atoms with Crippen molar-refractivity contribution in [3.05, 3.63) is 52.2 Å². The molecule has 0 bridgehead atoms. The number of urea groups is 1. The van der Waals surface area contributed by atoms with E-state index in [0.717, 1.165) is 16.9 Å². The average Bonchev–Trinajstić information content (AvgIpc) is 3.11. The summed E-state index contributed by atoms with van der Waals surface area (Å²) in [5.41, 5.74) is 1.80. The van der Waals surface area contributed by atoms with E-state index in [-0.39, 0.29) is 12.6 Å². The smallest absolute Gasteiger partial charge is 0.315 e. The molecular formula is C18H24N2O3S. The minimum Gasteiger partial charge on any atom is -0.493 e. The SMILES string of the molecule is CC(C)COc1ccc(CNC(=O)NCC(O)c2ccsc2)cc1. The topological polar surface area (TPSA) is 70.6 Å². The molecule has 1 aromatic heterocycles. The second-order valence-electron chi connectivity index (χ2n) is 5.98. The first kappa shape index (κ1) is 18.3. The molecule has 1 heterocycles. The second kappa shape index (κ2) is 9.30. The zero-order chi connectivity index (χ0) is 17.4. The highest BCUT2D eigenvalue weighted by Gasteiger charge is 2.09. The Balaban J connectivity index is 1.69. The fourth-order valence-electron chi connectivity index (χ4n) is 1.98. The maximum atomic E-state index is 11.8. The number of carbonyl (C=O) groups is 1. The van der Waals surface area contributed by atoms with Crippen LogP contribution in [0.15, 0.2) is 41.1 Å². The molecular weight excluding hydrogens is 324 g/mol. The molecule has 6 heteroatoms. The van der Waals surface area contributed by atoms with Crippen molar-refractivity contribution in [1.82, 2.24) is 10.6 Å². The predicted octanol–water partition coefficient (Wildman–Crippen LogP) is 3.32. The van der Waals surface area contributed by atoms with E-state index in [0.29, 0.717) is 19.1 Å². The van der Waals surface area contributed by atoms with Crippen molar-refractivity contribution in [1.29, 1.82) is 0 Å². The van der Waals surface area contributed by atoms with Gasteiger partial charge in [-0.15, -0.1) is 0 Å². The molecule has 24 heavy (non-hydrogen) atoms. The molecule has 0 aliphatic rings. The quantitative estimate of drug-likeness (QED) is 0.685. The van der Waals surface area contributed by atoms with E-state index < -0.39 is 6.10 Å². The summed E-state index contributed by atoms with van der Waals surface area (Å²) in [6.45, 7) is 5.50. The summed E-state index contributed by atoms with van der Waals surface area (Å²) in [7, 11) is 0. The van der Waals surface area contributed by atoms with Crippen LogP contribution in [0.2, 0.25) is 0 Å². The first-order valence-electron chi connectivity index (χ1n) is 7.98. The molecule has 0 aliphatic carbocycles. The minimum atomic E-state index is -0.681. The Kier molecular flexibility index (Phi) is 7.08. The lowest BCUT2D eigenvalue weighted by Gasteiger charge is -2.12. The molecule has 0 saturated carbocycles. The van der Waals surface area contributed by atoms with Crippen LogP contribution < -0.4 is 15.4 Å². The normalized spacial score (nSPS) is 12.0. The molecule has 0 aliphatic heterocycles. The van der Waals surface area contributed by atoms with E-state index >= 15 is 0 Å². The van der Waals surface area contributed by atoms with E-state index in [2.05, 4.69) is 24.5 Å². The molecule has 5 nitrogen and oxygen atoms in total. The van der Waals surface area contributed by atoms with Gasteiger partial charge in [-0.2, -0.15) is 11.3 Å². The van der Waals surface area contributed by atoms with Crippen LogP contribution in [0.5, 0.6) is 5.75 Å². The van der Waals surface area contributed by atoms with Crippen LogP contribution in [0.4, 0.5) is 4.79 Å². The zero-order valence-corrected chi connectivity index (χ0v) is 14.8. The Labute approximate surface area is 146 Å². The molecule has 0 fully saturated rings. The van der Waals surface area contributed by atoms with Gasteiger partial charge in [-0.1, -0.05) is 26.0 Å². The van der Waals surface area contributed by atoms with Crippen LogP contribution in [0.3, 0.4) is 0 Å². The fraction of sp³-hybridized carbons (Fsp3) is 0.389. The fourth-order valence-corrected chi connectivity index (χ4v) is 2.69. The lowest BCUT2D eigenvalue weighted by molar-refractivity contribution is 0.173. The van der Waals surface area contributed by atoms with Gasteiger partial charge in [-0.3, -0.25) is 0 Å². The Morgan fingerprint density at radius 2 is 1.96 bits per heavy atom. The number of aliphatic hydroxyl groups is 1. The van der Waals surface area contributed by atoms with Gasteiger partial charge in [-0.25, -0.2) is 4.79 Å². The van der Waals surface area contributed by atoms with Gasteiger partial charge in [-0.05, 0) is 46.0 Å². The Morgan fingerprint density at radius 1 is 1.21 bits per heavy atom. The van der Waals surface area contributed by atoms with Crippen molar-refractivity contribution >= 4 is 17.4 Å². The number of ether oxygens (including phenoxy) is 1. The number of hydrogen-bond acceptors (Lipinski definition) is 4. The maximum Gasteiger partial charge on any atom is 0.315 e. The Hall–Kier alpha value is -2.05. The van der Waals surface area contributed by atoms with Gasteiger partial charge in [0.1, 0.15) is 5.75 Å². The molecule has 130 valence electrons. The number of carbonyl (C=O) groups excluding carboxylic acids is 1. The van der Waals surface area contributed by atoms with Gasteiger partial charge < -0.3 is 20.5 Å². The summed E-state index contributed by atoms with van der Waals surface area (Å²) < 4.78 is 5.62. The highest BCUT2D eigenvalue weighted by molar-refractivity contribution is 7.07. The highest BCUT2D eigenvalue weighted by atomic mass is 32.1. The molecule has 0 saturated heterocycles. The van der Waals surface area contributed by atoms with Gasteiger partial charge in [0.05, 0.1) is 12.7 Å². The first-order chi connectivity index (χ1) is 11.5. The monoisotopic (exact) mass is 348 g/mol. The van der Waals surface area contributed by atoms with Gasteiger partial charge in [0.25, 0.3) is 0 Å². The number of thiophene rings is 1. The largest absolute Gasteiger partial charge is 0.493 e. The number of aliphatic hydroxyl groups excluding tert-OH is 1. The summed E-state index contributed by atoms with van der Waals surface area (Å²) in [6.07, 6.45) is -0.681. The first-order valence-corrected chi connectivity index (χ1v) is 8.92. The van der Waals surface area contributed by atoms with E-state index in [1.165, 1.54) is 11.3 Å². The van der Waals surface area contributed by atoms with Crippen molar-refractivity contribution in [2.45, 2.75) is 26.5 Å². The van der Waals surface area contributed by atoms with Crippen LogP contribution in [0, 0.1) is 5.92 Å². The minimum absolute atomic E-state index is 0.185. The average molecular weight is 348 g/mol. The zero-order valence-electron chi connectivity index (χ0n) is 14.0. The number of hydrogen-bond donors (Lipinski definition) is 3. The van der Waals surface area contributed by atoms with Crippen molar-refractivity contribution < 1.29 is 14.6 Å². The van der Waals surface area contributed by atoms with Crippen molar-refractivity contribution in [3.8, 4) is 5.75 Å². The molecule has 2 rings (SSSR count). The molecule has 2 aromatic rings. The molecule has 2 amide bonds. The van der Waals surface area contributed by atoms with Crippen molar-refractivity contribution in [2.75, 3.05) is 13.2 Å². The standard InChI is InChI=1S/C18H24N2O3S/c1-13(2)11-23-16-5-3-14(4-6-16)9-19-18(22)20-10-17(21)15-7-8-24-12-15/h3-8,12-13,17,21H,9-11H2,1-2H3,(H2,19,20,22). The second-order valence-corrected chi connectivity index (χ2v) is 6.76. The van der Waals surface area contributed by atoms with Crippen molar-refractivity contribution in [3.63, 3.8) is 0 Å². The summed E-state index contributed by atoms with van der Waals surface area (Å²) in [5, 5.41) is 19.1. The summed E-state index contributed by atoms with van der Waals surface area (Å²) in [6, 6.07) is 9.20.